The van der Waals surface area contributed by atoms with Crippen LogP contribution in [0.2, 0.25) is 0 Å². The van der Waals surface area contributed by atoms with Gasteiger partial charge in [0.05, 0.1) is 12.5 Å². The largest absolute Gasteiger partial charge is 0.508 e. The van der Waals surface area contributed by atoms with E-state index < -0.39 is 0 Å². The number of benzene rings is 2. The van der Waals surface area contributed by atoms with E-state index in [0.717, 1.165) is 11.3 Å². The van der Waals surface area contributed by atoms with E-state index in [1.807, 2.05) is 13.0 Å². The van der Waals surface area contributed by atoms with Gasteiger partial charge in [-0.05, 0) is 82.0 Å². The highest BCUT2D eigenvalue weighted by Crippen LogP contribution is 2.28. The minimum atomic E-state index is -0.316. The fourth-order valence-corrected chi connectivity index (χ4v) is 3.33. The summed E-state index contributed by atoms with van der Waals surface area (Å²) in [7, 11) is 0. The van der Waals surface area contributed by atoms with Crippen LogP contribution >= 0.6 is 24.4 Å². The Bertz CT molecular complexity index is 1200. The molecule has 38 heavy (non-hydrogen) atoms. The molecule has 0 radical (unpaired) electrons. The summed E-state index contributed by atoms with van der Waals surface area (Å²) in [5.74, 6) is 0.141. The Morgan fingerprint density at radius 2 is 1.47 bits per heavy atom. The Kier molecular flexibility index (Phi) is 15.4. The molecule has 8 N–H and O–H groups in total. The maximum absolute atomic E-state index is 11.7. The van der Waals surface area contributed by atoms with Crippen molar-refractivity contribution in [3.8, 4) is 11.5 Å². The molecule has 3 rings (SSSR count). The van der Waals surface area contributed by atoms with Gasteiger partial charge < -0.3 is 32.3 Å². The van der Waals surface area contributed by atoms with Gasteiger partial charge in [0, 0.05) is 16.8 Å². The second-order valence-electron chi connectivity index (χ2n) is 7.92. The molecule has 0 saturated carbocycles. The fourth-order valence-electron chi connectivity index (χ4n) is 3.06. The smallest absolute Gasteiger partial charge is 0.171 e. The first-order valence-corrected chi connectivity index (χ1v) is 11.9. The Morgan fingerprint density at radius 3 is 1.84 bits per heavy atom. The average Bonchev–Trinajstić information content (AvgIpc) is 2.78. The van der Waals surface area contributed by atoms with Gasteiger partial charge in [0.15, 0.2) is 16.0 Å². The summed E-state index contributed by atoms with van der Waals surface area (Å²) in [6.45, 7) is 6.15. The number of thiocarbonyl (C=S) groups is 2. The van der Waals surface area contributed by atoms with E-state index in [-0.39, 0.29) is 46.4 Å². The molecular weight excluding hydrogens is 528 g/mol. The zero-order valence-electron chi connectivity index (χ0n) is 21.5. The number of aldehydes is 1. The molecule has 2 aromatic rings. The van der Waals surface area contributed by atoms with Crippen LogP contribution in [0.15, 0.2) is 59.8 Å². The molecule has 0 saturated heterocycles. The number of carbonyl (C=O) groups excluding carboxylic acids is 4. The normalized spacial score (nSPS) is 13.4. The van der Waals surface area contributed by atoms with Gasteiger partial charge >= 0.3 is 0 Å². The summed E-state index contributed by atoms with van der Waals surface area (Å²) in [6, 6.07) is 12.7. The number of aromatic hydroxyl groups is 2. The highest BCUT2D eigenvalue weighted by Gasteiger charge is 2.27. The van der Waals surface area contributed by atoms with Crippen LogP contribution in [0.3, 0.4) is 0 Å². The van der Waals surface area contributed by atoms with Gasteiger partial charge in [0.1, 0.15) is 29.4 Å². The molecular formula is C26H32N4O6S2. The number of nitrogens with one attached hydrogen (secondary N) is 2. The van der Waals surface area contributed by atoms with Gasteiger partial charge in [-0.25, -0.2) is 0 Å². The van der Waals surface area contributed by atoms with E-state index in [0.29, 0.717) is 22.5 Å². The lowest BCUT2D eigenvalue weighted by Gasteiger charge is -2.29. The van der Waals surface area contributed by atoms with Crippen molar-refractivity contribution < 1.29 is 29.4 Å². The minimum absolute atomic E-state index is 0.000000000000000222. The molecule has 12 heteroatoms. The van der Waals surface area contributed by atoms with Gasteiger partial charge in [-0.1, -0.05) is 24.3 Å². The number of rotatable bonds is 5. The zero-order valence-corrected chi connectivity index (χ0v) is 23.1. The quantitative estimate of drug-likeness (QED) is 0.179. The summed E-state index contributed by atoms with van der Waals surface area (Å²) >= 11 is 9.19. The van der Waals surface area contributed by atoms with Gasteiger partial charge in [-0.15, -0.1) is 0 Å². The maximum Gasteiger partial charge on any atom is 0.171 e. The molecule has 1 aliphatic heterocycles. The van der Waals surface area contributed by atoms with Crippen molar-refractivity contribution in [1.82, 2.24) is 10.6 Å². The molecule has 1 heterocycles. The molecule has 0 spiro atoms. The third-order valence-electron chi connectivity index (χ3n) is 4.36. The van der Waals surface area contributed by atoms with Crippen molar-refractivity contribution in [2.24, 2.45) is 11.5 Å². The van der Waals surface area contributed by atoms with Gasteiger partial charge in [-0.2, -0.15) is 0 Å². The third kappa shape index (κ3) is 14.4. The van der Waals surface area contributed by atoms with Crippen molar-refractivity contribution in [3.63, 3.8) is 0 Å². The van der Waals surface area contributed by atoms with E-state index in [9.17, 15) is 24.3 Å². The van der Waals surface area contributed by atoms with Crippen molar-refractivity contribution >= 4 is 58.3 Å². The number of carbonyl (C=O) groups is 4. The highest BCUT2D eigenvalue weighted by molar-refractivity contribution is 7.80. The number of nitrogens with two attached hydrogens (primary N) is 2. The van der Waals surface area contributed by atoms with E-state index in [1.165, 1.54) is 32.9 Å². The first-order chi connectivity index (χ1) is 17.7. The number of hydrogen-bond donors (Lipinski definition) is 6. The number of phenols is 2. The van der Waals surface area contributed by atoms with Crippen LogP contribution in [0.25, 0.3) is 0 Å². The fraction of sp³-hybridized carbons (Fsp3) is 0.231. The number of phenolic OH excluding ortho intramolecular Hbond substituents is 2. The Morgan fingerprint density at radius 1 is 0.974 bits per heavy atom. The standard InChI is InChI=1S/C13H14N2O2S.C7H6O2.C5H8O2.CH4N2S/c1-7-11(8(2)16)12(15-13(18)14-7)9-4-3-5-10(17)6-9;8-5-6-2-1-3-7(9)4-6;1-4(6)3-5(2)7;2-1(3)4/h3-6,12,17H,1-2H3,(H2,14,15,18);1-5,9H;3H2,1-2H3;(H4,2,3,4). The summed E-state index contributed by atoms with van der Waals surface area (Å²) in [6.07, 6.45) is 0.777. The Hall–Kier alpha value is -4.16. The molecule has 0 aromatic heterocycles. The lowest BCUT2D eigenvalue weighted by molar-refractivity contribution is -0.124. The summed E-state index contributed by atoms with van der Waals surface area (Å²) in [5, 5.41) is 24.8. The molecule has 204 valence electrons. The number of allylic oxidation sites excluding steroid dienone is 1. The molecule has 1 aliphatic rings. The minimum Gasteiger partial charge on any atom is -0.508 e. The van der Waals surface area contributed by atoms with Crippen molar-refractivity contribution in [3.05, 3.63) is 70.9 Å². The van der Waals surface area contributed by atoms with Gasteiger partial charge in [0.2, 0.25) is 0 Å². The molecule has 10 nitrogen and oxygen atoms in total. The lowest BCUT2D eigenvalue weighted by atomic mass is 9.93. The first kappa shape index (κ1) is 33.8. The SMILES string of the molecule is CC(=O)C1=C(C)NC(=S)NC1c1cccc(O)c1.CC(=O)CC(C)=O.NC(N)=S.O=Cc1cccc(O)c1. The third-order valence-corrected chi connectivity index (χ3v) is 4.58. The van der Waals surface area contributed by atoms with Crippen LogP contribution in [0.4, 0.5) is 0 Å². The van der Waals surface area contributed by atoms with Crippen molar-refractivity contribution in [2.45, 2.75) is 40.2 Å². The van der Waals surface area contributed by atoms with Crippen molar-refractivity contribution in [1.29, 1.82) is 0 Å². The summed E-state index contributed by atoms with van der Waals surface area (Å²) < 4.78 is 0. The monoisotopic (exact) mass is 560 g/mol. The molecule has 2 aromatic carbocycles. The average molecular weight is 561 g/mol. The molecule has 0 fully saturated rings. The number of ketones is 3. The first-order valence-electron chi connectivity index (χ1n) is 11.0. The van der Waals surface area contributed by atoms with Crippen molar-refractivity contribution in [2.75, 3.05) is 0 Å². The molecule has 1 atom stereocenters. The Labute approximate surface area is 232 Å². The van der Waals surface area contributed by atoms with Crippen LogP contribution in [-0.4, -0.2) is 44.1 Å². The maximum atomic E-state index is 11.7. The second kappa shape index (κ2) is 17.3. The molecule has 1 unspecified atom stereocenters. The summed E-state index contributed by atoms with van der Waals surface area (Å²) in [5.41, 5.74) is 11.9. The zero-order chi connectivity index (χ0) is 29.4. The van der Waals surface area contributed by atoms with Crippen LogP contribution in [0.1, 0.15) is 56.1 Å². The predicted octanol–water partition coefficient (Wildman–Crippen LogP) is 2.72. The van der Waals surface area contributed by atoms with E-state index in [1.54, 1.807) is 30.3 Å². The van der Waals surface area contributed by atoms with Crippen LogP contribution in [0.5, 0.6) is 11.5 Å². The molecule has 0 bridgehead atoms. The molecule has 0 aliphatic carbocycles. The van der Waals surface area contributed by atoms with Crippen LogP contribution < -0.4 is 22.1 Å². The summed E-state index contributed by atoms with van der Waals surface area (Å²) in [4.78, 5) is 41.9. The Balaban J connectivity index is 0.000000571. The number of hydrogen-bond acceptors (Lipinski definition) is 8. The van der Waals surface area contributed by atoms with Crippen LogP contribution in [0, 0.1) is 0 Å². The molecule has 0 amide bonds. The number of Topliss-reactive ketones (excluding diaryl/α,β-unsaturated/α-hetero) is 3. The van der Waals surface area contributed by atoms with E-state index in [2.05, 4.69) is 34.3 Å². The van der Waals surface area contributed by atoms with Gasteiger partial charge in [0.25, 0.3) is 0 Å². The topological polar surface area (TPSA) is 185 Å². The van der Waals surface area contributed by atoms with E-state index in [4.69, 9.17) is 17.3 Å². The van der Waals surface area contributed by atoms with Crippen LogP contribution in [-0.2, 0) is 14.4 Å². The highest BCUT2D eigenvalue weighted by atomic mass is 32.1. The lowest BCUT2D eigenvalue weighted by Crippen LogP contribution is -2.44. The van der Waals surface area contributed by atoms with E-state index >= 15 is 0 Å². The predicted molar refractivity (Wildman–Crippen MR) is 154 cm³/mol. The second-order valence-corrected chi connectivity index (χ2v) is 8.80. The van der Waals surface area contributed by atoms with Gasteiger partial charge in [-0.3, -0.25) is 19.2 Å².